The molecular weight excluding hydrogens is 400 g/mol. The van der Waals surface area contributed by atoms with Crippen LogP contribution in [0.15, 0.2) is 91.5 Å². The molecule has 1 heteroatoms. The van der Waals surface area contributed by atoms with Crippen LogP contribution in [0.2, 0.25) is 0 Å². The molecule has 0 heterocycles. The molecule has 0 aliphatic heterocycles. The molecule has 0 saturated heterocycles. The highest BCUT2D eigenvalue weighted by Crippen LogP contribution is 2.16. The number of hydrogen-bond donors (Lipinski definition) is 0. The zero-order chi connectivity index (χ0) is 23.3. The average molecular weight is 437 g/mol. The van der Waals surface area contributed by atoms with Gasteiger partial charge in [0.2, 0.25) is 0 Å². The van der Waals surface area contributed by atoms with Gasteiger partial charge in [0, 0.05) is 5.56 Å². The van der Waals surface area contributed by atoms with E-state index < -0.39 is 0 Å². The van der Waals surface area contributed by atoms with E-state index in [1.54, 1.807) is 6.08 Å². The van der Waals surface area contributed by atoms with Crippen LogP contribution in [0.1, 0.15) is 78.1 Å². The summed E-state index contributed by atoms with van der Waals surface area (Å²) in [7, 11) is 0. The zero-order valence-electron chi connectivity index (χ0n) is 19.9. The predicted octanol–water partition coefficient (Wildman–Crippen LogP) is 8.74. The van der Waals surface area contributed by atoms with E-state index in [4.69, 9.17) is 0 Å². The molecule has 3 aromatic carbocycles. The standard InChI is InChI=1S/C32H36O/c1-26(2)30-23-20-28(21-24-30)13-9-6-4-3-5-8-12-27-16-18-29(19-17-27)22-25-32(33)31-14-10-7-11-15-31/h7,10-11,14-25H,1,3-6,8-9,12-13H2,2H3. The third-order valence-electron chi connectivity index (χ3n) is 6.09. The normalized spacial score (nSPS) is 11.1. The molecule has 0 saturated carbocycles. The highest BCUT2D eigenvalue weighted by molar-refractivity contribution is 6.06. The van der Waals surface area contributed by atoms with Crippen molar-refractivity contribution in [3.63, 3.8) is 0 Å². The van der Waals surface area contributed by atoms with Crippen LogP contribution < -0.4 is 0 Å². The lowest BCUT2D eigenvalue weighted by atomic mass is 10.0. The van der Waals surface area contributed by atoms with Gasteiger partial charge in [0.15, 0.2) is 5.78 Å². The predicted molar refractivity (Wildman–Crippen MR) is 143 cm³/mol. The number of aryl methyl sites for hydroxylation is 2. The second kappa shape index (κ2) is 13.4. The number of allylic oxidation sites excluding steroid dienone is 2. The molecule has 0 N–H and O–H groups in total. The van der Waals surface area contributed by atoms with E-state index in [1.165, 1.54) is 61.6 Å². The smallest absolute Gasteiger partial charge is 0.185 e. The van der Waals surface area contributed by atoms with Gasteiger partial charge in [-0.25, -0.2) is 0 Å². The fourth-order valence-electron chi connectivity index (χ4n) is 3.99. The Morgan fingerprint density at radius 2 is 1.18 bits per heavy atom. The lowest BCUT2D eigenvalue weighted by molar-refractivity contribution is 0.104. The van der Waals surface area contributed by atoms with Crippen molar-refractivity contribution in [2.24, 2.45) is 0 Å². The quantitative estimate of drug-likeness (QED) is 0.149. The number of carbonyl (C=O) groups excluding carboxylic acids is 1. The van der Waals surface area contributed by atoms with Gasteiger partial charge in [-0.3, -0.25) is 4.79 Å². The number of carbonyl (C=O) groups is 1. The molecule has 0 amide bonds. The van der Waals surface area contributed by atoms with Crippen LogP contribution in [0.4, 0.5) is 0 Å². The summed E-state index contributed by atoms with van der Waals surface area (Å²) in [5.74, 6) is 0.0420. The first-order chi connectivity index (χ1) is 16.1. The highest BCUT2D eigenvalue weighted by atomic mass is 16.1. The molecule has 170 valence electrons. The Labute approximate surface area is 199 Å². The van der Waals surface area contributed by atoms with Gasteiger partial charge >= 0.3 is 0 Å². The van der Waals surface area contributed by atoms with Crippen LogP contribution in [-0.4, -0.2) is 5.78 Å². The maximum absolute atomic E-state index is 12.2. The molecule has 33 heavy (non-hydrogen) atoms. The van der Waals surface area contributed by atoms with Crippen molar-refractivity contribution in [3.05, 3.63) is 119 Å². The summed E-state index contributed by atoms with van der Waals surface area (Å²) >= 11 is 0. The molecule has 0 fully saturated rings. The first-order valence-electron chi connectivity index (χ1n) is 12.2. The third kappa shape index (κ3) is 8.69. The summed E-state index contributed by atoms with van der Waals surface area (Å²) in [6, 6.07) is 26.8. The van der Waals surface area contributed by atoms with E-state index >= 15 is 0 Å². The number of rotatable bonds is 13. The van der Waals surface area contributed by atoms with Crippen molar-refractivity contribution in [2.45, 2.75) is 58.3 Å². The molecule has 0 unspecified atom stereocenters. The minimum absolute atomic E-state index is 0.0420. The molecule has 1 nitrogen and oxygen atoms in total. The number of unbranched alkanes of at least 4 members (excludes halogenated alkanes) is 5. The number of hydrogen-bond acceptors (Lipinski definition) is 1. The summed E-state index contributed by atoms with van der Waals surface area (Å²) < 4.78 is 0. The van der Waals surface area contributed by atoms with Crippen LogP contribution in [0.3, 0.4) is 0 Å². The van der Waals surface area contributed by atoms with Crippen LogP contribution >= 0.6 is 0 Å². The maximum atomic E-state index is 12.2. The topological polar surface area (TPSA) is 17.1 Å². The Morgan fingerprint density at radius 3 is 1.73 bits per heavy atom. The van der Waals surface area contributed by atoms with Crippen LogP contribution in [0.25, 0.3) is 11.6 Å². The van der Waals surface area contributed by atoms with Gasteiger partial charge in [0.1, 0.15) is 0 Å². The monoisotopic (exact) mass is 436 g/mol. The fraction of sp³-hybridized carbons (Fsp3) is 0.281. The Morgan fingerprint density at radius 1 is 0.667 bits per heavy atom. The van der Waals surface area contributed by atoms with Crippen LogP contribution in [-0.2, 0) is 12.8 Å². The summed E-state index contributed by atoms with van der Waals surface area (Å²) in [6.45, 7) is 6.05. The molecule has 3 aromatic rings. The van der Waals surface area contributed by atoms with E-state index in [-0.39, 0.29) is 5.78 Å². The lowest BCUT2D eigenvalue weighted by Crippen LogP contribution is -1.92. The van der Waals surface area contributed by atoms with Gasteiger partial charge in [0.05, 0.1) is 0 Å². The van der Waals surface area contributed by atoms with E-state index in [0.717, 1.165) is 23.1 Å². The van der Waals surface area contributed by atoms with Crippen molar-refractivity contribution in [3.8, 4) is 0 Å². The van der Waals surface area contributed by atoms with Gasteiger partial charge in [-0.05, 0) is 60.9 Å². The molecule has 0 aliphatic carbocycles. The molecular formula is C32H36O. The minimum Gasteiger partial charge on any atom is -0.289 e. The van der Waals surface area contributed by atoms with Crippen molar-refractivity contribution in [2.75, 3.05) is 0 Å². The van der Waals surface area contributed by atoms with Crippen LogP contribution in [0, 0.1) is 0 Å². The highest BCUT2D eigenvalue weighted by Gasteiger charge is 2.00. The molecule has 0 bridgehead atoms. The SMILES string of the molecule is C=C(C)c1ccc(CCCCCCCCc2ccc(C=CC(=O)c3ccccc3)cc2)cc1. The largest absolute Gasteiger partial charge is 0.289 e. The maximum Gasteiger partial charge on any atom is 0.185 e. The Hall–Kier alpha value is -3.19. The fourth-order valence-corrected chi connectivity index (χ4v) is 3.99. The molecule has 0 atom stereocenters. The van der Waals surface area contributed by atoms with Gasteiger partial charge in [0.25, 0.3) is 0 Å². The molecule has 3 rings (SSSR count). The van der Waals surface area contributed by atoms with Crippen molar-refractivity contribution in [1.29, 1.82) is 0 Å². The molecule has 0 spiro atoms. The van der Waals surface area contributed by atoms with E-state index in [2.05, 4.69) is 62.0 Å². The summed E-state index contributed by atoms with van der Waals surface area (Å²) in [5, 5.41) is 0. The Bertz CT molecular complexity index is 1020. The first kappa shape index (κ1) is 24.5. The van der Waals surface area contributed by atoms with E-state index in [9.17, 15) is 4.79 Å². The Kier molecular flexibility index (Phi) is 9.91. The van der Waals surface area contributed by atoms with Crippen LogP contribution in [0.5, 0.6) is 0 Å². The molecule has 0 aromatic heterocycles. The van der Waals surface area contributed by atoms with Crippen molar-refractivity contribution >= 4 is 17.4 Å². The summed E-state index contributed by atoms with van der Waals surface area (Å²) in [5.41, 5.74) is 6.97. The molecule has 0 radical (unpaired) electrons. The second-order valence-electron chi connectivity index (χ2n) is 8.90. The van der Waals surface area contributed by atoms with Gasteiger partial charge < -0.3 is 0 Å². The Balaban J connectivity index is 1.27. The van der Waals surface area contributed by atoms with E-state index in [0.29, 0.717) is 0 Å². The summed E-state index contributed by atoms with van der Waals surface area (Å²) in [6.07, 6.45) is 13.6. The van der Waals surface area contributed by atoms with E-state index in [1.807, 2.05) is 36.4 Å². The average Bonchev–Trinajstić information content (AvgIpc) is 2.85. The van der Waals surface area contributed by atoms with Gasteiger partial charge in [-0.2, -0.15) is 0 Å². The first-order valence-corrected chi connectivity index (χ1v) is 12.2. The lowest BCUT2D eigenvalue weighted by Gasteiger charge is -2.05. The summed E-state index contributed by atoms with van der Waals surface area (Å²) in [4.78, 5) is 12.2. The van der Waals surface area contributed by atoms with Gasteiger partial charge in [-0.15, -0.1) is 0 Å². The van der Waals surface area contributed by atoms with Crippen molar-refractivity contribution in [1.82, 2.24) is 0 Å². The molecule has 0 aliphatic rings. The zero-order valence-corrected chi connectivity index (χ0v) is 19.9. The third-order valence-corrected chi connectivity index (χ3v) is 6.09. The number of benzene rings is 3. The van der Waals surface area contributed by atoms with Crippen molar-refractivity contribution < 1.29 is 4.79 Å². The van der Waals surface area contributed by atoms with Gasteiger partial charge in [-0.1, -0.05) is 123 Å². The minimum atomic E-state index is 0.0420. The number of ketones is 1. The second-order valence-corrected chi connectivity index (χ2v) is 8.90.